The van der Waals surface area contributed by atoms with Crippen LogP contribution in [0.3, 0.4) is 0 Å². The van der Waals surface area contributed by atoms with Gasteiger partial charge in [-0.3, -0.25) is 0 Å². The van der Waals surface area contributed by atoms with E-state index in [-0.39, 0.29) is 6.61 Å². The molecule has 0 radical (unpaired) electrons. The molecular formula is C18H42N4O. The molecule has 23 heavy (non-hydrogen) atoms. The molecular weight excluding hydrogens is 288 g/mol. The van der Waals surface area contributed by atoms with Gasteiger partial charge in [-0.15, -0.1) is 0 Å². The highest BCUT2D eigenvalue weighted by Gasteiger charge is 2.10. The van der Waals surface area contributed by atoms with E-state index in [2.05, 4.69) is 54.2 Å². The van der Waals surface area contributed by atoms with Crippen molar-refractivity contribution in [3.05, 3.63) is 0 Å². The lowest BCUT2D eigenvalue weighted by Gasteiger charge is -2.29. The lowest BCUT2D eigenvalue weighted by molar-refractivity contribution is 0.159. The average Bonchev–Trinajstić information content (AvgIpc) is 2.59. The van der Waals surface area contributed by atoms with Crippen LogP contribution < -0.4 is 0 Å². The molecule has 0 bridgehead atoms. The molecule has 0 unspecified atom stereocenters. The fourth-order valence-electron chi connectivity index (χ4n) is 2.81. The van der Waals surface area contributed by atoms with Gasteiger partial charge in [0.25, 0.3) is 0 Å². The van der Waals surface area contributed by atoms with Crippen molar-refractivity contribution in [1.82, 2.24) is 19.6 Å². The van der Waals surface area contributed by atoms with Crippen molar-refractivity contribution in [1.29, 1.82) is 0 Å². The minimum atomic E-state index is 0.259. The number of hydrogen-bond donors (Lipinski definition) is 1. The topological polar surface area (TPSA) is 33.2 Å². The highest BCUT2D eigenvalue weighted by molar-refractivity contribution is 4.66. The molecule has 0 rings (SSSR count). The van der Waals surface area contributed by atoms with Crippen LogP contribution in [0.4, 0.5) is 0 Å². The number of nitrogens with zero attached hydrogens (tertiary/aromatic N) is 4. The van der Waals surface area contributed by atoms with Crippen molar-refractivity contribution < 1.29 is 5.11 Å². The monoisotopic (exact) mass is 330 g/mol. The Bertz CT molecular complexity index is 249. The highest BCUT2D eigenvalue weighted by Crippen LogP contribution is 1.96. The van der Waals surface area contributed by atoms with Crippen LogP contribution in [0.5, 0.6) is 0 Å². The van der Waals surface area contributed by atoms with Crippen molar-refractivity contribution in [2.24, 2.45) is 0 Å². The van der Waals surface area contributed by atoms with Crippen LogP contribution in [0.25, 0.3) is 0 Å². The zero-order valence-electron chi connectivity index (χ0n) is 16.4. The first-order valence-corrected chi connectivity index (χ1v) is 9.65. The number of aliphatic hydroxyl groups is 1. The Morgan fingerprint density at radius 1 is 0.435 bits per heavy atom. The number of hydrogen-bond acceptors (Lipinski definition) is 5. The van der Waals surface area contributed by atoms with E-state index in [1.165, 1.54) is 13.1 Å². The SMILES string of the molecule is CCN(CC)CCN(CC)CCN(CC)CCN(CC)CCO. The van der Waals surface area contributed by atoms with Crippen LogP contribution >= 0.6 is 0 Å². The second kappa shape index (κ2) is 15.3. The van der Waals surface area contributed by atoms with Gasteiger partial charge in [0.2, 0.25) is 0 Å². The molecule has 5 heteroatoms. The second-order valence-electron chi connectivity index (χ2n) is 6.05. The zero-order chi connectivity index (χ0) is 17.5. The summed E-state index contributed by atoms with van der Waals surface area (Å²) in [7, 11) is 0. The average molecular weight is 331 g/mol. The van der Waals surface area contributed by atoms with Gasteiger partial charge in [-0.1, -0.05) is 34.6 Å². The third-order valence-corrected chi connectivity index (χ3v) is 4.85. The molecule has 0 saturated carbocycles. The normalized spacial score (nSPS) is 12.3. The van der Waals surface area contributed by atoms with Crippen LogP contribution in [0.1, 0.15) is 34.6 Å². The summed E-state index contributed by atoms with van der Waals surface area (Å²) in [6.07, 6.45) is 0. The maximum Gasteiger partial charge on any atom is 0.0558 e. The van der Waals surface area contributed by atoms with E-state index in [0.717, 1.165) is 65.4 Å². The van der Waals surface area contributed by atoms with E-state index in [1.54, 1.807) is 0 Å². The summed E-state index contributed by atoms with van der Waals surface area (Å²) in [5.41, 5.74) is 0. The Hall–Kier alpha value is -0.200. The van der Waals surface area contributed by atoms with E-state index in [0.29, 0.717) is 0 Å². The van der Waals surface area contributed by atoms with Crippen molar-refractivity contribution in [2.75, 3.05) is 85.1 Å². The zero-order valence-corrected chi connectivity index (χ0v) is 16.4. The molecule has 0 atom stereocenters. The molecule has 140 valence electrons. The van der Waals surface area contributed by atoms with Crippen LogP contribution in [-0.2, 0) is 0 Å². The van der Waals surface area contributed by atoms with Crippen molar-refractivity contribution >= 4 is 0 Å². The van der Waals surface area contributed by atoms with E-state index >= 15 is 0 Å². The summed E-state index contributed by atoms with van der Waals surface area (Å²) in [6, 6.07) is 0. The van der Waals surface area contributed by atoms with Gasteiger partial charge in [0, 0.05) is 45.8 Å². The van der Waals surface area contributed by atoms with Crippen LogP contribution in [0.15, 0.2) is 0 Å². The van der Waals surface area contributed by atoms with Gasteiger partial charge in [0.05, 0.1) is 6.61 Å². The van der Waals surface area contributed by atoms with Gasteiger partial charge in [-0.25, -0.2) is 0 Å². The Balaban J connectivity index is 4.09. The number of rotatable bonds is 16. The summed E-state index contributed by atoms with van der Waals surface area (Å²) in [5.74, 6) is 0. The van der Waals surface area contributed by atoms with E-state index < -0.39 is 0 Å². The first-order valence-electron chi connectivity index (χ1n) is 9.65. The summed E-state index contributed by atoms with van der Waals surface area (Å²) in [4.78, 5) is 9.90. The first-order chi connectivity index (χ1) is 11.1. The Morgan fingerprint density at radius 3 is 0.957 bits per heavy atom. The van der Waals surface area contributed by atoms with Crippen LogP contribution in [0, 0.1) is 0 Å². The molecule has 5 nitrogen and oxygen atoms in total. The van der Waals surface area contributed by atoms with Crippen LogP contribution in [0.2, 0.25) is 0 Å². The van der Waals surface area contributed by atoms with Gasteiger partial charge in [0.15, 0.2) is 0 Å². The molecule has 0 aromatic carbocycles. The van der Waals surface area contributed by atoms with E-state index in [9.17, 15) is 0 Å². The molecule has 0 aliphatic rings. The maximum absolute atomic E-state index is 9.08. The molecule has 0 aromatic rings. The molecule has 0 spiro atoms. The third-order valence-electron chi connectivity index (χ3n) is 4.85. The summed E-state index contributed by atoms with van der Waals surface area (Å²) in [5, 5.41) is 9.08. The van der Waals surface area contributed by atoms with E-state index in [1.807, 2.05) is 0 Å². The fraction of sp³-hybridized carbons (Fsp3) is 1.00. The quantitative estimate of drug-likeness (QED) is 0.461. The maximum atomic E-state index is 9.08. The molecule has 0 aliphatic heterocycles. The number of aliphatic hydroxyl groups excluding tert-OH is 1. The van der Waals surface area contributed by atoms with Crippen LogP contribution in [-0.4, -0.2) is 110 Å². The highest BCUT2D eigenvalue weighted by atomic mass is 16.3. The fourth-order valence-corrected chi connectivity index (χ4v) is 2.81. The molecule has 0 amide bonds. The van der Waals surface area contributed by atoms with Gasteiger partial charge < -0.3 is 24.7 Å². The smallest absolute Gasteiger partial charge is 0.0558 e. The minimum Gasteiger partial charge on any atom is -0.395 e. The Morgan fingerprint density at radius 2 is 0.696 bits per heavy atom. The second-order valence-corrected chi connectivity index (χ2v) is 6.05. The molecule has 1 N–H and O–H groups in total. The predicted molar refractivity (Wildman–Crippen MR) is 101 cm³/mol. The van der Waals surface area contributed by atoms with Crippen molar-refractivity contribution in [3.8, 4) is 0 Å². The molecule has 0 heterocycles. The lowest BCUT2D eigenvalue weighted by Crippen LogP contribution is -2.42. The summed E-state index contributed by atoms with van der Waals surface area (Å²) < 4.78 is 0. The van der Waals surface area contributed by atoms with Gasteiger partial charge in [-0.2, -0.15) is 0 Å². The molecule has 0 saturated heterocycles. The Labute approximate surface area is 145 Å². The minimum absolute atomic E-state index is 0.259. The summed E-state index contributed by atoms with van der Waals surface area (Å²) >= 11 is 0. The lowest BCUT2D eigenvalue weighted by atomic mass is 10.3. The van der Waals surface area contributed by atoms with Gasteiger partial charge in [-0.05, 0) is 32.7 Å². The van der Waals surface area contributed by atoms with Gasteiger partial charge >= 0.3 is 0 Å². The molecule has 0 aliphatic carbocycles. The molecule has 0 fully saturated rings. The molecule has 0 aromatic heterocycles. The van der Waals surface area contributed by atoms with Crippen molar-refractivity contribution in [2.45, 2.75) is 34.6 Å². The Kier molecular flexibility index (Phi) is 15.2. The summed E-state index contributed by atoms with van der Waals surface area (Å²) in [6.45, 7) is 24.5. The van der Waals surface area contributed by atoms with E-state index in [4.69, 9.17) is 5.11 Å². The predicted octanol–water partition coefficient (Wildman–Crippen LogP) is 1.29. The standard InChI is InChI=1S/C18H42N4O/c1-6-19(7-2)11-12-20(8-3)13-14-21(9-4)15-16-22(10-5)17-18-23/h23H,6-18H2,1-5H3. The first kappa shape index (κ1) is 22.8. The van der Waals surface area contributed by atoms with Crippen molar-refractivity contribution in [3.63, 3.8) is 0 Å². The third kappa shape index (κ3) is 11.1. The van der Waals surface area contributed by atoms with Gasteiger partial charge in [0.1, 0.15) is 0 Å². The largest absolute Gasteiger partial charge is 0.395 e. The number of likely N-dealkylation sites (N-methyl/N-ethyl adjacent to an activating group) is 4.